The second-order valence-corrected chi connectivity index (χ2v) is 7.85. The standard InChI is InChI=1S/C13H18O6S/c14-11-9-3-8-4-10(11)7-13(5-8,6-9)1-2-19-12(15)20(16,17)18/h8-10H,1-7H2,(H,16,17,18). The van der Waals surface area contributed by atoms with E-state index in [1.807, 2.05) is 0 Å². The van der Waals surface area contributed by atoms with Crippen LogP contribution < -0.4 is 0 Å². The number of hydrogen-bond donors (Lipinski definition) is 1. The van der Waals surface area contributed by atoms with E-state index in [1.165, 1.54) is 0 Å². The first-order chi connectivity index (χ1) is 9.29. The van der Waals surface area contributed by atoms with E-state index < -0.39 is 15.4 Å². The lowest BCUT2D eigenvalue weighted by molar-refractivity contribution is -0.148. The average Bonchev–Trinajstić information content (AvgIpc) is 2.33. The molecule has 4 fully saturated rings. The molecule has 1 N–H and O–H groups in total. The van der Waals surface area contributed by atoms with Crippen molar-refractivity contribution in [2.45, 2.75) is 38.5 Å². The quantitative estimate of drug-likeness (QED) is 0.630. The molecule has 6 nitrogen and oxygen atoms in total. The molecule has 4 aliphatic carbocycles. The average molecular weight is 302 g/mol. The van der Waals surface area contributed by atoms with E-state index in [0.29, 0.717) is 18.1 Å². The van der Waals surface area contributed by atoms with Crippen LogP contribution in [0.15, 0.2) is 0 Å². The Bertz CT molecular complexity index is 533. The number of Topliss-reactive ketones (excluding diaryl/α,β-unsaturated/α-hetero) is 1. The molecular weight excluding hydrogens is 284 g/mol. The zero-order valence-electron chi connectivity index (χ0n) is 11.1. The van der Waals surface area contributed by atoms with Crippen molar-refractivity contribution in [2.75, 3.05) is 6.61 Å². The maximum atomic E-state index is 12.0. The van der Waals surface area contributed by atoms with Crippen LogP contribution in [0, 0.1) is 23.2 Å². The first-order valence-corrected chi connectivity index (χ1v) is 8.41. The molecule has 4 rings (SSSR count). The summed E-state index contributed by atoms with van der Waals surface area (Å²) in [7, 11) is -4.76. The Morgan fingerprint density at radius 1 is 1.25 bits per heavy atom. The van der Waals surface area contributed by atoms with Gasteiger partial charge in [0.1, 0.15) is 5.78 Å². The van der Waals surface area contributed by atoms with Gasteiger partial charge >= 0.3 is 15.4 Å². The summed E-state index contributed by atoms with van der Waals surface area (Å²) in [6.07, 6.45) is 5.26. The van der Waals surface area contributed by atoms with Crippen LogP contribution in [0.1, 0.15) is 38.5 Å². The van der Waals surface area contributed by atoms with Gasteiger partial charge in [0, 0.05) is 11.8 Å². The summed E-state index contributed by atoms with van der Waals surface area (Å²) in [5, 5.41) is -1.58. The predicted octanol–water partition coefficient (Wildman–Crippen LogP) is 1.80. The van der Waals surface area contributed by atoms with Crippen molar-refractivity contribution >= 4 is 21.2 Å². The van der Waals surface area contributed by atoms with Crippen molar-refractivity contribution in [2.24, 2.45) is 23.2 Å². The van der Waals surface area contributed by atoms with E-state index in [4.69, 9.17) is 4.55 Å². The van der Waals surface area contributed by atoms with Crippen LogP contribution in [-0.2, 0) is 19.6 Å². The Kier molecular flexibility index (Phi) is 3.17. The van der Waals surface area contributed by atoms with Gasteiger partial charge in [-0.15, -0.1) is 0 Å². The van der Waals surface area contributed by atoms with Gasteiger partial charge in [-0.1, -0.05) is 0 Å². The molecule has 0 aromatic rings. The van der Waals surface area contributed by atoms with Crippen LogP contribution in [0.25, 0.3) is 0 Å². The topological polar surface area (TPSA) is 97.7 Å². The van der Waals surface area contributed by atoms with Crippen LogP contribution in [0.4, 0.5) is 4.79 Å². The number of carbonyl (C=O) groups is 2. The van der Waals surface area contributed by atoms with Gasteiger partial charge in [-0.05, 0) is 49.9 Å². The van der Waals surface area contributed by atoms with Crippen molar-refractivity contribution in [3.8, 4) is 0 Å². The van der Waals surface area contributed by atoms with Gasteiger partial charge in [0.05, 0.1) is 6.61 Å². The SMILES string of the molecule is O=C1C2CC3CC1CC(CCOC(=O)S(=O)(=O)O)(C3)C2. The Hall–Kier alpha value is -0.950. The fourth-order valence-corrected chi connectivity index (χ4v) is 4.87. The minimum absolute atomic E-state index is 0.0149. The normalized spacial score (nSPS) is 39.0. The van der Waals surface area contributed by atoms with Crippen LogP contribution in [0.2, 0.25) is 0 Å². The number of ketones is 1. The van der Waals surface area contributed by atoms with Gasteiger partial charge in [0.15, 0.2) is 0 Å². The first kappa shape index (κ1) is 14.0. The van der Waals surface area contributed by atoms with Gasteiger partial charge in [0.25, 0.3) is 0 Å². The molecule has 0 heterocycles. The minimum atomic E-state index is -4.76. The maximum Gasteiger partial charge on any atom is 0.451 e. The highest BCUT2D eigenvalue weighted by atomic mass is 32.2. The van der Waals surface area contributed by atoms with E-state index >= 15 is 0 Å². The van der Waals surface area contributed by atoms with Crippen molar-refractivity contribution in [1.29, 1.82) is 0 Å². The molecule has 0 amide bonds. The van der Waals surface area contributed by atoms with E-state index in [1.54, 1.807) is 0 Å². The third-order valence-electron chi connectivity index (χ3n) is 5.18. The van der Waals surface area contributed by atoms with Crippen LogP contribution in [0.5, 0.6) is 0 Å². The lowest BCUT2D eigenvalue weighted by Crippen LogP contribution is -2.51. The zero-order valence-corrected chi connectivity index (χ0v) is 11.9. The monoisotopic (exact) mass is 302 g/mol. The molecule has 2 unspecified atom stereocenters. The zero-order chi connectivity index (χ0) is 14.5. The summed E-state index contributed by atoms with van der Waals surface area (Å²) in [5.74, 6) is 1.28. The molecule has 0 radical (unpaired) electrons. The minimum Gasteiger partial charge on any atom is -0.452 e. The molecule has 2 atom stereocenters. The molecular formula is C13H18O6S. The van der Waals surface area contributed by atoms with Gasteiger partial charge in [0.2, 0.25) is 0 Å². The van der Waals surface area contributed by atoms with Gasteiger partial charge in [-0.25, -0.2) is 4.79 Å². The van der Waals surface area contributed by atoms with E-state index in [2.05, 4.69) is 4.74 Å². The van der Waals surface area contributed by atoms with Crippen LogP contribution in [0.3, 0.4) is 0 Å². The maximum absolute atomic E-state index is 12.0. The van der Waals surface area contributed by atoms with E-state index in [-0.39, 0.29) is 23.9 Å². The van der Waals surface area contributed by atoms with Crippen molar-refractivity contribution in [3.05, 3.63) is 0 Å². The van der Waals surface area contributed by atoms with Crippen LogP contribution in [-0.4, -0.2) is 30.7 Å². The highest BCUT2D eigenvalue weighted by Crippen LogP contribution is 2.59. The lowest BCUT2D eigenvalue weighted by Gasteiger charge is -2.55. The third-order valence-corrected chi connectivity index (χ3v) is 5.72. The fourth-order valence-electron chi connectivity index (χ4n) is 4.64. The highest BCUT2D eigenvalue weighted by Gasteiger charge is 2.54. The third kappa shape index (κ3) is 2.37. The van der Waals surface area contributed by atoms with E-state index in [9.17, 15) is 18.0 Å². The van der Waals surface area contributed by atoms with Gasteiger partial charge in [-0.2, -0.15) is 8.42 Å². The number of ether oxygens (including phenoxy) is 1. The summed E-state index contributed by atoms with van der Waals surface area (Å²) in [6, 6.07) is 0. The molecule has 0 aliphatic heterocycles. The largest absolute Gasteiger partial charge is 0.452 e. The molecule has 20 heavy (non-hydrogen) atoms. The number of carbonyl (C=O) groups excluding carboxylic acids is 2. The van der Waals surface area contributed by atoms with Gasteiger partial charge in [-0.3, -0.25) is 9.35 Å². The van der Waals surface area contributed by atoms with Crippen molar-refractivity contribution in [1.82, 2.24) is 0 Å². The number of hydrogen-bond acceptors (Lipinski definition) is 5. The van der Waals surface area contributed by atoms with Crippen LogP contribution >= 0.6 is 0 Å². The highest BCUT2D eigenvalue weighted by molar-refractivity contribution is 8.00. The molecule has 4 bridgehead atoms. The Morgan fingerprint density at radius 3 is 2.40 bits per heavy atom. The molecule has 0 saturated heterocycles. The summed E-state index contributed by atoms with van der Waals surface area (Å²) in [4.78, 5) is 23.0. The van der Waals surface area contributed by atoms with E-state index in [0.717, 1.165) is 32.1 Å². The summed E-state index contributed by atoms with van der Waals surface area (Å²) >= 11 is 0. The Balaban J connectivity index is 1.61. The second-order valence-electron chi connectivity index (χ2n) is 6.57. The van der Waals surface area contributed by atoms with Crippen molar-refractivity contribution in [3.63, 3.8) is 0 Å². The Morgan fingerprint density at radius 2 is 1.85 bits per heavy atom. The summed E-state index contributed by atoms with van der Waals surface area (Å²) < 4.78 is 34.3. The first-order valence-electron chi connectivity index (χ1n) is 6.97. The molecule has 7 heteroatoms. The number of rotatable bonds is 3. The van der Waals surface area contributed by atoms with Crippen molar-refractivity contribution < 1.29 is 27.3 Å². The molecule has 0 aromatic carbocycles. The fraction of sp³-hybridized carbons (Fsp3) is 0.846. The lowest BCUT2D eigenvalue weighted by atomic mass is 9.48. The second kappa shape index (κ2) is 4.53. The smallest absolute Gasteiger partial charge is 0.451 e. The molecule has 0 aromatic heterocycles. The molecule has 0 spiro atoms. The molecule has 4 saturated carbocycles. The van der Waals surface area contributed by atoms with Gasteiger partial charge < -0.3 is 4.74 Å². The molecule has 112 valence electrons. The summed E-state index contributed by atoms with van der Waals surface area (Å²) in [5.41, 5.74) is 0.0178. The molecule has 4 aliphatic rings. The predicted molar refractivity (Wildman–Crippen MR) is 68.5 cm³/mol. The Labute approximate surface area is 117 Å². The summed E-state index contributed by atoms with van der Waals surface area (Å²) in [6.45, 7) is -0.0149.